The van der Waals surface area contributed by atoms with Gasteiger partial charge >= 0.3 is 18.5 Å². The molecule has 1 aromatic heterocycles. The van der Waals surface area contributed by atoms with Crippen molar-refractivity contribution in [2.24, 2.45) is 0 Å². The average molecular weight is 476 g/mol. The molecule has 2 heterocycles. The van der Waals surface area contributed by atoms with Gasteiger partial charge in [-0.05, 0) is 26.0 Å². The molecule has 13 heteroatoms. The Kier molecular flexibility index (Phi) is 6.07. The second kappa shape index (κ2) is 8.07. The molecule has 0 spiro atoms. The van der Waals surface area contributed by atoms with E-state index in [9.17, 15) is 39.5 Å². The van der Waals surface area contributed by atoms with E-state index in [1.165, 1.54) is 0 Å². The Bertz CT molecular complexity index is 984. The van der Waals surface area contributed by atoms with Gasteiger partial charge in [0, 0.05) is 6.07 Å². The first kappa shape index (κ1) is 24.1. The van der Waals surface area contributed by atoms with Gasteiger partial charge in [0.25, 0.3) is 0 Å². The molecule has 1 aromatic carbocycles. The molecule has 178 valence electrons. The fourth-order valence-electron chi connectivity index (χ4n) is 3.47. The summed E-state index contributed by atoms with van der Waals surface area (Å²) in [6.07, 6.45) is -16.8. The third kappa shape index (κ3) is 5.41. The normalized spacial score (nSPS) is 17.5. The van der Waals surface area contributed by atoms with Crippen molar-refractivity contribution in [3.63, 3.8) is 0 Å². The van der Waals surface area contributed by atoms with Gasteiger partial charge in [-0.15, -0.1) is 0 Å². The lowest BCUT2D eigenvalue weighted by Crippen LogP contribution is -2.49. The number of benzene rings is 1. The molecule has 1 aliphatic heterocycles. The minimum atomic E-state index is -4.97. The van der Waals surface area contributed by atoms with Gasteiger partial charge in [-0.3, -0.25) is 0 Å². The van der Waals surface area contributed by atoms with E-state index in [0.717, 1.165) is 12.1 Å². The summed E-state index contributed by atoms with van der Waals surface area (Å²) in [4.78, 5) is 4.33. The van der Waals surface area contributed by atoms with Crippen LogP contribution in [-0.2, 0) is 6.18 Å². The standard InChI is InChI=1S/C19H17F9N2O2/c1-9(2)32-14-5-11(19(26,27)28)15-12(29-14)3-4-13-16(15)31-7-10(6-17(20,21)22)30(13)8-18(23,24)25/h3-5,9-10H,6-8H2,1-2H3. The Balaban J connectivity index is 2.22. The highest BCUT2D eigenvalue weighted by atomic mass is 19.4. The van der Waals surface area contributed by atoms with E-state index in [2.05, 4.69) is 4.98 Å². The molecule has 3 rings (SSSR count). The summed E-state index contributed by atoms with van der Waals surface area (Å²) < 4.78 is 130. The molecule has 0 aliphatic carbocycles. The van der Waals surface area contributed by atoms with Crippen LogP contribution in [0.1, 0.15) is 25.8 Å². The number of alkyl halides is 9. The summed E-state index contributed by atoms with van der Waals surface area (Å²) in [6, 6.07) is 0.784. The first-order valence-corrected chi connectivity index (χ1v) is 9.30. The number of aromatic nitrogens is 1. The fourth-order valence-corrected chi connectivity index (χ4v) is 3.47. The molecule has 0 saturated heterocycles. The van der Waals surface area contributed by atoms with E-state index in [1.807, 2.05) is 0 Å². The van der Waals surface area contributed by atoms with Crippen LogP contribution in [0.3, 0.4) is 0 Å². The van der Waals surface area contributed by atoms with Crippen molar-refractivity contribution in [1.82, 2.24) is 4.98 Å². The summed E-state index contributed by atoms with van der Waals surface area (Å²) in [7, 11) is 0. The summed E-state index contributed by atoms with van der Waals surface area (Å²) in [5, 5.41) is -0.649. The molecule has 1 atom stereocenters. The minimum absolute atomic E-state index is 0.282. The number of hydrogen-bond donors (Lipinski definition) is 0. The monoisotopic (exact) mass is 476 g/mol. The van der Waals surface area contributed by atoms with Gasteiger partial charge in [0.15, 0.2) is 5.75 Å². The van der Waals surface area contributed by atoms with Crippen LogP contribution in [0, 0.1) is 0 Å². The van der Waals surface area contributed by atoms with Crippen LogP contribution in [-0.4, -0.2) is 42.6 Å². The Labute approximate surface area is 175 Å². The topological polar surface area (TPSA) is 34.6 Å². The SMILES string of the molecule is CC(C)Oc1cc(C(F)(F)F)c2c3c(ccc2n1)N(CC(F)(F)F)C(CC(F)(F)F)CO3. The molecular weight excluding hydrogens is 459 g/mol. The van der Waals surface area contributed by atoms with Gasteiger partial charge in [0.05, 0.1) is 40.7 Å². The molecule has 0 bridgehead atoms. The molecule has 4 nitrogen and oxygen atoms in total. The molecular formula is C19H17F9N2O2. The molecule has 1 unspecified atom stereocenters. The van der Waals surface area contributed by atoms with Crippen LogP contribution >= 0.6 is 0 Å². The van der Waals surface area contributed by atoms with Crippen molar-refractivity contribution in [2.75, 3.05) is 18.1 Å². The quantitative estimate of drug-likeness (QED) is 0.498. The number of rotatable bonds is 4. The van der Waals surface area contributed by atoms with E-state index < -0.39 is 72.6 Å². The van der Waals surface area contributed by atoms with E-state index in [4.69, 9.17) is 9.47 Å². The number of anilines is 1. The second-order valence-electron chi connectivity index (χ2n) is 7.51. The lowest BCUT2D eigenvalue weighted by molar-refractivity contribution is -0.146. The summed E-state index contributed by atoms with van der Waals surface area (Å²) in [5.41, 5.74) is -2.09. The fraction of sp³-hybridized carbons (Fsp3) is 0.526. The van der Waals surface area contributed by atoms with Gasteiger partial charge in [-0.25, -0.2) is 4.98 Å². The van der Waals surface area contributed by atoms with E-state index in [0.29, 0.717) is 11.0 Å². The predicted octanol–water partition coefficient (Wildman–Crippen LogP) is 6.12. The van der Waals surface area contributed by atoms with Gasteiger partial charge in [-0.1, -0.05) is 0 Å². The van der Waals surface area contributed by atoms with Crippen molar-refractivity contribution in [1.29, 1.82) is 0 Å². The number of nitrogens with zero attached hydrogens (tertiary/aromatic N) is 2. The van der Waals surface area contributed by atoms with Crippen molar-refractivity contribution < 1.29 is 49.0 Å². The summed E-state index contributed by atoms with van der Waals surface area (Å²) >= 11 is 0. The molecule has 0 amide bonds. The van der Waals surface area contributed by atoms with E-state index in [1.54, 1.807) is 13.8 Å². The highest BCUT2D eigenvalue weighted by Crippen LogP contribution is 2.47. The van der Waals surface area contributed by atoms with Crippen molar-refractivity contribution >= 4 is 16.6 Å². The summed E-state index contributed by atoms with van der Waals surface area (Å²) in [5.74, 6) is -0.973. The first-order valence-electron chi connectivity index (χ1n) is 9.30. The maximum atomic E-state index is 13.8. The van der Waals surface area contributed by atoms with Crippen LogP contribution in [0.2, 0.25) is 0 Å². The zero-order valence-electron chi connectivity index (χ0n) is 16.6. The maximum Gasteiger partial charge on any atom is 0.417 e. The number of pyridine rings is 1. The first-order chi connectivity index (χ1) is 14.5. The van der Waals surface area contributed by atoms with Crippen molar-refractivity contribution in [3.8, 4) is 11.6 Å². The Morgan fingerprint density at radius 3 is 2.25 bits per heavy atom. The van der Waals surface area contributed by atoms with Crippen molar-refractivity contribution in [3.05, 3.63) is 23.8 Å². The highest BCUT2D eigenvalue weighted by Gasteiger charge is 2.44. The second-order valence-corrected chi connectivity index (χ2v) is 7.51. The zero-order valence-corrected chi connectivity index (χ0v) is 16.6. The predicted molar refractivity (Wildman–Crippen MR) is 95.9 cm³/mol. The van der Waals surface area contributed by atoms with Crippen LogP contribution < -0.4 is 14.4 Å². The largest absolute Gasteiger partial charge is 0.489 e. The lowest BCUT2D eigenvalue weighted by atomic mass is 10.0. The molecule has 0 fully saturated rings. The molecule has 0 radical (unpaired) electrons. The zero-order chi connectivity index (χ0) is 24.1. The number of halogens is 9. The van der Waals surface area contributed by atoms with Crippen LogP contribution in [0.25, 0.3) is 10.9 Å². The molecule has 0 N–H and O–H groups in total. The van der Waals surface area contributed by atoms with Crippen LogP contribution in [0.4, 0.5) is 45.2 Å². The maximum absolute atomic E-state index is 13.8. The molecule has 2 aromatic rings. The molecule has 0 saturated carbocycles. The van der Waals surface area contributed by atoms with Crippen LogP contribution in [0.15, 0.2) is 18.2 Å². The van der Waals surface area contributed by atoms with E-state index in [-0.39, 0.29) is 11.4 Å². The van der Waals surface area contributed by atoms with Gasteiger partial charge < -0.3 is 14.4 Å². The third-order valence-corrected chi connectivity index (χ3v) is 4.53. The Hall–Kier alpha value is -2.60. The lowest BCUT2D eigenvalue weighted by Gasteiger charge is -2.39. The van der Waals surface area contributed by atoms with Gasteiger partial charge in [-0.2, -0.15) is 39.5 Å². The van der Waals surface area contributed by atoms with Gasteiger partial charge in [0.1, 0.15) is 13.2 Å². The Morgan fingerprint density at radius 2 is 1.72 bits per heavy atom. The number of hydrogen-bond acceptors (Lipinski definition) is 4. The summed E-state index contributed by atoms with van der Waals surface area (Å²) in [6.45, 7) is 0.442. The Morgan fingerprint density at radius 1 is 1.06 bits per heavy atom. The molecule has 32 heavy (non-hydrogen) atoms. The highest BCUT2D eigenvalue weighted by molar-refractivity contribution is 5.95. The van der Waals surface area contributed by atoms with Gasteiger partial charge in [0.2, 0.25) is 5.88 Å². The smallest absolute Gasteiger partial charge is 0.417 e. The van der Waals surface area contributed by atoms with E-state index >= 15 is 0 Å². The third-order valence-electron chi connectivity index (χ3n) is 4.53. The molecule has 1 aliphatic rings. The van der Waals surface area contributed by atoms with Crippen molar-refractivity contribution in [2.45, 2.75) is 50.9 Å². The minimum Gasteiger partial charge on any atom is -0.489 e. The van der Waals surface area contributed by atoms with Crippen LogP contribution in [0.5, 0.6) is 11.6 Å². The number of ether oxygens (including phenoxy) is 2. The number of fused-ring (bicyclic) bond motifs is 3. The average Bonchev–Trinajstić information content (AvgIpc) is 2.59.